The van der Waals surface area contributed by atoms with E-state index in [-0.39, 0.29) is 6.04 Å². The fourth-order valence-electron chi connectivity index (χ4n) is 3.62. The molecular formula is C13H21N3O2. The number of hydrogen-bond donors (Lipinski definition) is 1. The van der Waals surface area contributed by atoms with E-state index < -0.39 is 5.60 Å². The molecule has 0 saturated carbocycles. The average Bonchev–Trinajstić information content (AvgIpc) is 2.92. The number of rotatable bonds is 2. The summed E-state index contributed by atoms with van der Waals surface area (Å²) in [6, 6.07) is 0.218. The third-order valence-electron chi connectivity index (χ3n) is 4.48. The Balaban J connectivity index is 2.01. The van der Waals surface area contributed by atoms with Gasteiger partial charge in [-0.2, -0.15) is 5.10 Å². The van der Waals surface area contributed by atoms with Crippen LogP contribution in [-0.2, 0) is 12.6 Å². The highest BCUT2D eigenvalue weighted by atomic mass is 16.5. The standard InChI is InChI=1S/C13H21N3O2/c1-15-12(10(18-2)9-14-15)13(17)6-8-16-7-4-3-5-11(13)16/h9,11,17H,3-8H2,1-2H3. The number of ether oxygens (including phenoxy) is 1. The third-order valence-corrected chi connectivity index (χ3v) is 4.48. The Morgan fingerprint density at radius 3 is 3.06 bits per heavy atom. The second-order valence-corrected chi connectivity index (χ2v) is 5.41. The van der Waals surface area contributed by atoms with Crippen LogP contribution in [0.2, 0.25) is 0 Å². The van der Waals surface area contributed by atoms with E-state index in [1.807, 2.05) is 7.05 Å². The van der Waals surface area contributed by atoms with Gasteiger partial charge in [0.2, 0.25) is 0 Å². The smallest absolute Gasteiger partial charge is 0.162 e. The van der Waals surface area contributed by atoms with Crippen molar-refractivity contribution < 1.29 is 9.84 Å². The van der Waals surface area contributed by atoms with Gasteiger partial charge < -0.3 is 9.84 Å². The molecule has 0 spiro atoms. The fourth-order valence-corrected chi connectivity index (χ4v) is 3.62. The van der Waals surface area contributed by atoms with E-state index in [2.05, 4.69) is 10.00 Å². The summed E-state index contributed by atoms with van der Waals surface area (Å²) < 4.78 is 7.12. The van der Waals surface area contributed by atoms with Crippen molar-refractivity contribution in [2.75, 3.05) is 20.2 Å². The maximum atomic E-state index is 11.2. The summed E-state index contributed by atoms with van der Waals surface area (Å²) in [5.74, 6) is 0.701. The van der Waals surface area contributed by atoms with E-state index >= 15 is 0 Å². The Morgan fingerprint density at radius 1 is 1.44 bits per heavy atom. The molecule has 0 aromatic carbocycles. The van der Waals surface area contributed by atoms with Crippen molar-refractivity contribution in [3.63, 3.8) is 0 Å². The summed E-state index contributed by atoms with van der Waals surface area (Å²) >= 11 is 0. The number of piperidine rings is 1. The Labute approximate surface area is 107 Å². The van der Waals surface area contributed by atoms with Crippen molar-refractivity contribution in [3.8, 4) is 5.75 Å². The number of aromatic nitrogens is 2. The van der Waals surface area contributed by atoms with E-state index in [4.69, 9.17) is 4.74 Å². The molecule has 3 rings (SSSR count). The second kappa shape index (κ2) is 4.24. The highest BCUT2D eigenvalue weighted by Gasteiger charge is 2.50. The van der Waals surface area contributed by atoms with Crippen molar-refractivity contribution >= 4 is 0 Å². The molecule has 18 heavy (non-hydrogen) atoms. The van der Waals surface area contributed by atoms with Gasteiger partial charge in [-0.25, -0.2) is 0 Å². The molecule has 0 bridgehead atoms. The molecule has 0 aliphatic carbocycles. The van der Waals surface area contributed by atoms with Crippen LogP contribution in [0, 0.1) is 0 Å². The van der Waals surface area contributed by atoms with Crippen molar-refractivity contribution in [3.05, 3.63) is 11.9 Å². The molecular weight excluding hydrogens is 230 g/mol. The predicted molar refractivity (Wildman–Crippen MR) is 67.5 cm³/mol. The minimum absolute atomic E-state index is 0.218. The summed E-state index contributed by atoms with van der Waals surface area (Å²) in [6.45, 7) is 2.07. The van der Waals surface area contributed by atoms with Crippen LogP contribution in [0.3, 0.4) is 0 Å². The molecule has 2 unspecified atom stereocenters. The van der Waals surface area contributed by atoms with E-state index in [0.717, 1.165) is 31.6 Å². The van der Waals surface area contributed by atoms with Crippen LogP contribution in [0.1, 0.15) is 31.4 Å². The summed E-state index contributed by atoms with van der Waals surface area (Å²) in [6.07, 6.45) is 5.97. The minimum Gasteiger partial charge on any atom is -0.493 e. The highest BCUT2D eigenvalue weighted by Crippen LogP contribution is 2.44. The number of aryl methyl sites for hydroxylation is 1. The first-order chi connectivity index (χ1) is 8.66. The molecule has 1 aromatic rings. The summed E-state index contributed by atoms with van der Waals surface area (Å²) in [5, 5.41) is 15.4. The maximum absolute atomic E-state index is 11.2. The molecule has 2 fully saturated rings. The monoisotopic (exact) mass is 251 g/mol. The zero-order chi connectivity index (χ0) is 12.8. The van der Waals surface area contributed by atoms with Gasteiger partial charge in [-0.3, -0.25) is 9.58 Å². The van der Waals surface area contributed by atoms with E-state index in [1.165, 1.54) is 12.8 Å². The van der Waals surface area contributed by atoms with E-state index in [9.17, 15) is 5.11 Å². The SMILES string of the molecule is COc1cnn(C)c1C1(O)CCN2CCCCC21. The van der Waals surface area contributed by atoms with Crippen LogP contribution in [0.5, 0.6) is 5.75 Å². The Morgan fingerprint density at radius 2 is 2.28 bits per heavy atom. The van der Waals surface area contributed by atoms with Gasteiger partial charge >= 0.3 is 0 Å². The molecule has 3 heterocycles. The van der Waals surface area contributed by atoms with Gasteiger partial charge in [0.05, 0.1) is 13.3 Å². The highest BCUT2D eigenvalue weighted by molar-refractivity contribution is 5.33. The first-order valence-electron chi connectivity index (χ1n) is 6.69. The molecule has 1 N–H and O–H groups in total. The normalized spacial score (nSPS) is 32.5. The third kappa shape index (κ3) is 1.57. The maximum Gasteiger partial charge on any atom is 0.162 e. The number of nitrogens with zero attached hydrogens (tertiary/aromatic N) is 3. The molecule has 5 heteroatoms. The average molecular weight is 251 g/mol. The summed E-state index contributed by atoms with van der Waals surface area (Å²) in [5.41, 5.74) is 0.0243. The lowest BCUT2D eigenvalue weighted by atomic mass is 9.85. The quantitative estimate of drug-likeness (QED) is 0.847. The minimum atomic E-state index is -0.809. The lowest BCUT2D eigenvalue weighted by Crippen LogP contribution is -2.46. The number of methoxy groups -OCH3 is 1. The summed E-state index contributed by atoms with van der Waals surface area (Å²) in [4.78, 5) is 2.41. The van der Waals surface area contributed by atoms with Gasteiger partial charge in [0, 0.05) is 19.6 Å². The van der Waals surface area contributed by atoms with Crippen molar-refractivity contribution in [1.82, 2.24) is 14.7 Å². The lowest BCUT2D eigenvalue weighted by Gasteiger charge is -2.37. The van der Waals surface area contributed by atoms with Gasteiger partial charge in [0.15, 0.2) is 5.75 Å². The van der Waals surface area contributed by atoms with Crippen LogP contribution in [0.15, 0.2) is 6.20 Å². The van der Waals surface area contributed by atoms with Crippen LogP contribution in [0.4, 0.5) is 0 Å². The Kier molecular flexibility index (Phi) is 2.83. The largest absolute Gasteiger partial charge is 0.493 e. The molecule has 100 valence electrons. The molecule has 5 nitrogen and oxygen atoms in total. The molecule has 2 atom stereocenters. The van der Waals surface area contributed by atoms with Gasteiger partial charge in [-0.15, -0.1) is 0 Å². The first-order valence-corrected chi connectivity index (χ1v) is 6.69. The van der Waals surface area contributed by atoms with Gasteiger partial charge in [-0.1, -0.05) is 6.42 Å². The van der Waals surface area contributed by atoms with Crippen molar-refractivity contribution in [2.45, 2.75) is 37.3 Å². The summed E-state index contributed by atoms with van der Waals surface area (Å²) in [7, 11) is 3.51. The zero-order valence-corrected chi connectivity index (χ0v) is 11.1. The lowest BCUT2D eigenvalue weighted by molar-refractivity contribution is -0.0217. The van der Waals surface area contributed by atoms with Crippen molar-refractivity contribution in [1.29, 1.82) is 0 Å². The van der Waals surface area contributed by atoms with Crippen LogP contribution < -0.4 is 4.74 Å². The van der Waals surface area contributed by atoms with Crippen LogP contribution in [0.25, 0.3) is 0 Å². The number of hydrogen-bond acceptors (Lipinski definition) is 4. The molecule has 0 amide bonds. The number of fused-ring (bicyclic) bond motifs is 1. The molecule has 2 aliphatic heterocycles. The second-order valence-electron chi connectivity index (χ2n) is 5.41. The van der Waals surface area contributed by atoms with Crippen molar-refractivity contribution in [2.24, 2.45) is 7.05 Å². The zero-order valence-electron chi connectivity index (χ0n) is 11.1. The molecule has 0 radical (unpaired) electrons. The molecule has 2 saturated heterocycles. The van der Waals surface area contributed by atoms with Crippen LogP contribution in [-0.4, -0.2) is 46.0 Å². The van der Waals surface area contributed by atoms with Crippen LogP contribution >= 0.6 is 0 Å². The Bertz CT molecular complexity index is 445. The predicted octanol–water partition coefficient (Wildman–Crippen LogP) is 0.874. The first kappa shape index (κ1) is 12.0. The fraction of sp³-hybridized carbons (Fsp3) is 0.769. The number of aliphatic hydroxyl groups is 1. The van der Waals surface area contributed by atoms with E-state index in [1.54, 1.807) is 18.0 Å². The van der Waals surface area contributed by atoms with Gasteiger partial charge in [0.1, 0.15) is 11.3 Å². The molecule has 2 aliphatic rings. The topological polar surface area (TPSA) is 50.5 Å². The van der Waals surface area contributed by atoms with Gasteiger partial charge in [-0.05, 0) is 25.8 Å². The van der Waals surface area contributed by atoms with E-state index in [0.29, 0.717) is 5.75 Å². The van der Waals surface area contributed by atoms with Gasteiger partial charge in [0.25, 0.3) is 0 Å². The molecule has 1 aromatic heterocycles. The Hall–Kier alpha value is -1.07.